The Morgan fingerprint density at radius 3 is 2.83 bits per heavy atom. The van der Waals surface area contributed by atoms with E-state index in [1.54, 1.807) is 0 Å². The molecule has 1 aromatic rings. The summed E-state index contributed by atoms with van der Waals surface area (Å²) >= 11 is 6.04. The highest BCUT2D eigenvalue weighted by atomic mass is 127. The molecular formula is C14H19BrINO. The Morgan fingerprint density at radius 1 is 1.44 bits per heavy atom. The van der Waals surface area contributed by atoms with Crippen molar-refractivity contribution in [2.75, 3.05) is 20.3 Å². The number of halogens is 2. The van der Waals surface area contributed by atoms with E-state index >= 15 is 0 Å². The fourth-order valence-corrected chi connectivity index (χ4v) is 3.54. The first kappa shape index (κ1) is 14.8. The Hall–Kier alpha value is 0.350. The Balaban J connectivity index is 2.09. The van der Waals surface area contributed by atoms with Crippen LogP contribution < -0.4 is 5.32 Å². The Bertz CT molecular complexity index is 393. The van der Waals surface area contributed by atoms with E-state index in [2.05, 4.69) is 69.1 Å². The molecule has 1 aromatic carbocycles. The smallest absolute Gasteiger partial charge is 0.0468 e. The largest absolute Gasteiger partial charge is 0.381 e. The van der Waals surface area contributed by atoms with Crippen LogP contribution in [0, 0.1) is 9.49 Å². The lowest BCUT2D eigenvalue weighted by atomic mass is 9.89. The van der Waals surface area contributed by atoms with Crippen molar-refractivity contribution in [1.29, 1.82) is 0 Å². The maximum atomic E-state index is 5.43. The van der Waals surface area contributed by atoms with Crippen LogP contribution in [0.5, 0.6) is 0 Å². The molecule has 4 heteroatoms. The standard InChI is InChI=1S/C14H19BrINO/c1-17-14(8-10-4-6-18-7-5-10)12-9-11(16)2-3-13(12)15/h2-3,9-10,14,17H,4-8H2,1H3. The zero-order valence-electron chi connectivity index (χ0n) is 10.6. The lowest BCUT2D eigenvalue weighted by molar-refractivity contribution is 0.0607. The Kier molecular flexibility index (Phi) is 5.92. The second kappa shape index (κ2) is 7.22. The Labute approximate surface area is 131 Å². The first-order chi connectivity index (χ1) is 8.70. The van der Waals surface area contributed by atoms with Gasteiger partial charge in [0.25, 0.3) is 0 Å². The Morgan fingerprint density at radius 2 is 2.17 bits per heavy atom. The van der Waals surface area contributed by atoms with Crippen molar-refractivity contribution in [3.05, 3.63) is 31.8 Å². The molecule has 0 aromatic heterocycles. The predicted octanol–water partition coefficient (Wildman–Crippen LogP) is 4.13. The zero-order chi connectivity index (χ0) is 13.0. The summed E-state index contributed by atoms with van der Waals surface area (Å²) in [5.41, 5.74) is 1.37. The van der Waals surface area contributed by atoms with Gasteiger partial charge in [0.2, 0.25) is 0 Å². The number of rotatable bonds is 4. The first-order valence-electron chi connectivity index (χ1n) is 6.40. The van der Waals surface area contributed by atoms with Crippen molar-refractivity contribution in [1.82, 2.24) is 5.32 Å². The topological polar surface area (TPSA) is 21.3 Å². The van der Waals surface area contributed by atoms with E-state index in [1.165, 1.54) is 32.9 Å². The number of ether oxygens (including phenoxy) is 1. The first-order valence-corrected chi connectivity index (χ1v) is 8.28. The van der Waals surface area contributed by atoms with E-state index < -0.39 is 0 Å². The molecule has 1 unspecified atom stereocenters. The molecule has 1 aliphatic rings. The van der Waals surface area contributed by atoms with Gasteiger partial charge in [0.15, 0.2) is 0 Å². The summed E-state index contributed by atoms with van der Waals surface area (Å²) in [4.78, 5) is 0. The summed E-state index contributed by atoms with van der Waals surface area (Å²) in [5.74, 6) is 0.779. The molecule has 1 heterocycles. The lowest BCUT2D eigenvalue weighted by Gasteiger charge is -2.27. The molecule has 0 spiro atoms. The zero-order valence-corrected chi connectivity index (χ0v) is 14.3. The van der Waals surface area contributed by atoms with Gasteiger partial charge >= 0.3 is 0 Å². The molecule has 0 saturated carbocycles. The fraction of sp³-hybridized carbons (Fsp3) is 0.571. The van der Waals surface area contributed by atoms with E-state index in [-0.39, 0.29) is 0 Å². The predicted molar refractivity (Wildman–Crippen MR) is 86.8 cm³/mol. The van der Waals surface area contributed by atoms with Crippen LogP contribution in [0.15, 0.2) is 22.7 Å². The molecule has 0 radical (unpaired) electrons. The maximum Gasteiger partial charge on any atom is 0.0468 e. The van der Waals surface area contributed by atoms with Crippen LogP contribution in [0.1, 0.15) is 30.9 Å². The molecule has 1 saturated heterocycles. The fourth-order valence-electron chi connectivity index (χ4n) is 2.50. The van der Waals surface area contributed by atoms with Crippen LogP contribution in [-0.2, 0) is 4.74 Å². The van der Waals surface area contributed by atoms with Gasteiger partial charge in [-0.05, 0) is 78.6 Å². The van der Waals surface area contributed by atoms with Gasteiger partial charge in [0.05, 0.1) is 0 Å². The average Bonchev–Trinajstić information content (AvgIpc) is 2.40. The highest BCUT2D eigenvalue weighted by molar-refractivity contribution is 14.1. The van der Waals surface area contributed by atoms with Gasteiger partial charge in [-0.15, -0.1) is 0 Å². The SMILES string of the molecule is CNC(CC1CCOCC1)c1cc(I)ccc1Br. The molecule has 18 heavy (non-hydrogen) atoms. The normalized spacial score (nSPS) is 18.8. The molecule has 0 bridgehead atoms. The van der Waals surface area contributed by atoms with E-state index in [0.29, 0.717) is 6.04 Å². The lowest BCUT2D eigenvalue weighted by Crippen LogP contribution is -2.24. The highest BCUT2D eigenvalue weighted by Gasteiger charge is 2.21. The van der Waals surface area contributed by atoms with Crippen molar-refractivity contribution in [2.45, 2.75) is 25.3 Å². The van der Waals surface area contributed by atoms with E-state index in [1.807, 2.05) is 0 Å². The second-order valence-electron chi connectivity index (χ2n) is 4.80. The van der Waals surface area contributed by atoms with Crippen molar-refractivity contribution in [3.63, 3.8) is 0 Å². The molecule has 1 atom stereocenters. The molecule has 2 rings (SSSR count). The van der Waals surface area contributed by atoms with Crippen molar-refractivity contribution in [3.8, 4) is 0 Å². The van der Waals surface area contributed by atoms with Crippen LogP contribution in [-0.4, -0.2) is 20.3 Å². The third-order valence-corrected chi connectivity index (χ3v) is 4.98. The third kappa shape index (κ3) is 3.92. The summed E-state index contributed by atoms with van der Waals surface area (Å²) in [6.45, 7) is 1.85. The van der Waals surface area contributed by atoms with Gasteiger partial charge in [0.1, 0.15) is 0 Å². The quantitative estimate of drug-likeness (QED) is 0.735. The molecule has 1 fully saturated rings. The van der Waals surface area contributed by atoms with Gasteiger partial charge in [-0.2, -0.15) is 0 Å². The van der Waals surface area contributed by atoms with Gasteiger partial charge < -0.3 is 10.1 Å². The van der Waals surface area contributed by atoms with Crippen LogP contribution >= 0.6 is 38.5 Å². The van der Waals surface area contributed by atoms with Gasteiger partial charge in [-0.3, -0.25) is 0 Å². The van der Waals surface area contributed by atoms with E-state index in [0.717, 1.165) is 19.1 Å². The molecule has 0 amide bonds. The summed E-state index contributed by atoms with van der Waals surface area (Å²) in [6, 6.07) is 6.98. The van der Waals surface area contributed by atoms with Crippen molar-refractivity contribution >= 4 is 38.5 Å². The molecule has 100 valence electrons. The summed E-state index contributed by atoms with van der Waals surface area (Å²) in [6.07, 6.45) is 3.58. The van der Waals surface area contributed by atoms with E-state index in [4.69, 9.17) is 4.74 Å². The van der Waals surface area contributed by atoms with Crippen LogP contribution in [0.25, 0.3) is 0 Å². The summed E-state index contributed by atoms with van der Waals surface area (Å²) in [5, 5.41) is 3.46. The highest BCUT2D eigenvalue weighted by Crippen LogP contribution is 2.32. The minimum atomic E-state index is 0.428. The molecular weight excluding hydrogens is 405 g/mol. The van der Waals surface area contributed by atoms with Crippen molar-refractivity contribution in [2.24, 2.45) is 5.92 Å². The maximum absolute atomic E-state index is 5.43. The van der Waals surface area contributed by atoms with Crippen LogP contribution in [0.4, 0.5) is 0 Å². The average molecular weight is 424 g/mol. The molecule has 0 aliphatic carbocycles. The summed E-state index contributed by atoms with van der Waals surface area (Å²) < 4.78 is 7.93. The molecule has 2 nitrogen and oxygen atoms in total. The second-order valence-corrected chi connectivity index (χ2v) is 6.90. The van der Waals surface area contributed by atoms with Crippen molar-refractivity contribution < 1.29 is 4.74 Å². The number of hydrogen-bond acceptors (Lipinski definition) is 2. The minimum absolute atomic E-state index is 0.428. The summed E-state index contributed by atoms with van der Waals surface area (Å²) in [7, 11) is 2.05. The number of hydrogen-bond donors (Lipinski definition) is 1. The van der Waals surface area contributed by atoms with E-state index in [9.17, 15) is 0 Å². The van der Waals surface area contributed by atoms with Gasteiger partial charge in [0, 0.05) is 27.3 Å². The number of benzene rings is 1. The van der Waals surface area contributed by atoms with Gasteiger partial charge in [-0.1, -0.05) is 15.9 Å². The van der Waals surface area contributed by atoms with Crippen LogP contribution in [0.3, 0.4) is 0 Å². The molecule has 1 aliphatic heterocycles. The van der Waals surface area contributed by atoms with Crippen LogP contribution in [0.2, 0.25) is 0 Å². The monoisotopic (exact) mass is 423 g/mol. The minimum Gasteiger partial charge on any atom is -0.381 e. The third-order valence-electron chi connectivity index (χ3n) is 3.59. The number of nitrogens with one attached hydrogen (secondary N) is 1. The molecule has 1 N–H and O–H groups in total. The van der Waals surface area contributed by atoms with Gasteiger partial charge in [-0.25, -0.2) is 0 Å².